The minimum absolute atomic E-state index is 0.273. The SMILES string of the molecule is O=C(NCc1cnn2cccnc12)Nc1ccnn1C[C@H]1CC=CCC1. The number of amides is 2. The van der Waals surface area contributed by atoms with E-state index in [0.29, 0.717) is 18.3 Å². The summed E-state index contributed by atoms with van der Waals surface area (Å²) in [7, 11) is 0. The number of nitrogens with one attached hydrogen (secondary N) is 2. The fourth-order valence-electron chi connectivity index (χ4n) is 3.19. The molecule has 3 aromatic rings. The maximum Gasteiger partial charge on any atom is 0.320 e. The van der Waals surface area contributed by atoms with Crippen LogP contribution in [0.3, 0.4) is 0 Å². The molecule has 0 saturated carbocycles. The van der Waals surface area contributed by atoms with Crippen LogP contribution >= 0.6 is 0 Å². The molecule has 8 heteroatoms. The lowest BCUT2D eigenvalue weighted by Gasteiger charge is -2.19. The molecular formula is C18H21N7O. The molecule has 0 radical (unpaired) electrons. The number of allylic oxidation sites excluding steroid dienone is 2. The Morgan fingerprint density at radius 2 is 2.23 bits per heavy atom. The molecule has 0 spiro atoms. The van der Waals surface area contributed by atoms with Crippen molar-refractivity contribution in [2.24, 2.45) is 5.92 Å². The highest BCUT2D eigenvalue weighted by Crippen LogP contribution is 2.21. The highest BCUT2D eigenvalue weighted by Gasteiger charge is 2.14. The maximum absolute atomic E-state index is 12.3. The van der Waals surface area contributed by atoms with E-state index in [1.54, 1.807) is 23.1 Å². The third kappa shape index (κ3) is 3.58. The van der Waals surface area contributed by atoms with Gasteiger partial charge in [0.1, 0.15) is 5.82 Å². The van der Waals surface area contributed by atoms with Crippen molar-refractivity contribution in [1.29, 1.82) is 0 Å². The Bertz CT molecular complexity index is 926. The lowest BCUT2D eigenvalue weighted by atomic mass is 9.94. The van der Waals surface area contributed by atoms with E-state index in [-0.39, 0.29) is 6.03 Å². The van der Waals surface area contributed by atoms with Crippen molar-refractivity contribution in [2.45, 2.75) is 32.4 Å². The standard InChI is InChI=1S/C18H21N7O/c26-18(20-11-15-12-22-24-10-4-8-19-17(15)24)23-16-7-9-21-25(16)13-14-5-2-1-3-6-14/h1-2,4,7-10,12,14H,3,5-6,11,13H2,(H2,20,23,26)/t14-/m0/s1. The molecule has 0 aromatic carbocycles. The van der Waals surface area contributed by atoms with Crippen LogP contribution < -0.4 is 10.6 Å². The Morgan fingerprint density at radius 1 is 1.27 bits per heavy atom. The second-order valence-electron chi connectivity index (χ2n) is 6.41. The minimum Gasteiger partial charge on any atom is -0.334 e. The van der Waals surface area contributed by atoms with Crippen LogP contribution in [-0.4, -0.2) is 30.4 Å². The second kappa shape index (κ2) is 7.38. The predicted molar refractivity (Wildman–Crippen MR) is 97.6 cm³/mol. The number of hydrogen-bond acceptors (Lipinski definition) is 4. The number of fused-ring (bicyclic) bond motifs is 1. The number of anilines is 1. The second-order valence-corrected chi connectivity index (χ2v) is 6.41. The third-order valence-corrected chi connectivity index (χ3v) is 4.56. The van der Waals surface area contributed by atoms with Gasteiger partial charge in [0, 0.05) is 37.1 Å². The van der Waals surface area contributed by atoms with Crippen molar-refractivity contribution in [3.05, 3.63) is 54.6 Å². The van der Waals surface area contributed by atoms with Gasteiger partial charge in [-0.3, -0.25) is 5.32 Å². The van der Waals surface area contributed by atoms with Crippen LogP contribution in [0.5, 0.6) is 0 Å². The zero-order chi connectivity index (χ0) is 17.8. The third-order valence-electron chi connectivity index (χ3n) is 4.56. The maximum atomic E-state index is 12.3. The summed E-state index contributed by atoms with van der Waals surface area (Å²) in [5.74, 6) is 1.27. The van der Waals surface area contributed by atoms with Gasteiger partial charge in [0.15, 0.2) is 5.65 Å². The van der Waals surface area contributed by atoms with Gasteiger partial charge in [0.05, 0.1) is 12.4 Å². The van der Waals surface area contributed by atoms with Crippen molar-refractivity contribution in [3.8, 4) is 0 Å². The first-order chi connectivity index (χ1) is 12.8. The van der Waals surface area contributed by atoms with Crippen LogP contribution in [0.2, 0.25) is 0 Å². The van der Waals surface area contributed by atoms with E-state index in [4.69, 9.17) is 0 Å². The Hall–Kier alpha value is -3.16. The summed E-state index contributed by atoms with van der Waals surface area (Å²) < 4.78 is 3.54. The molecule has 4 rings (SSSR count). The Labute approximate surface area is 150 Å². The summed E-state index contributed by atoms with van der Waals surface area (Å²) in [5, 5.41) is 14.3. The monoisotopic (exact) mass is 351 g/mol. The normalized spacial score (nSPS) is 16.7. The van der Waals surface area contributed by atoms with Gasteiger partial charge in [-0.1, -0.05) is 12.2 Å². The molecule has 0 fully saturated rings. The van der Waals surface area contributed by atoms with Crippen molar-refractivity contribution in [2.75, 3.05) is 5.32 Å². The van der Waals surface area contributed by atoms with Gasteiger partial charge in [0.25, 0.3) is 0 Å². The van der Waals surface area contributed by atoms with Crippen LogP contribution in [0, 0.1) is 5.92 Å². The molecule has 26 heavy (non-hydrogen) atoms. The molecular weight excluding hydrogens is 330 g/mol. The van der Waals surface area contributed by atoms with Crippen LogP contribution in [0.15, 0.2) is 49.1 Å². The largest absolute Gasteiger partial charge is 0.334 e. The van der Waals surface area contributed by atoms with Gasteiger partial charge in [-0.2, -0.15) is 10.2 Å². The van der Waals surface area contributed by atoms with Crippen molar-refractivity contribution >= 4 is 17.5 Å². The summed E-state index contributed by atoms with van der Waals surface area (Å²) in [5.41, 5.74) is 1.60. The number of rotatable bonds is 5. The van der Waals surface area contributed by atoms with Crippen molar-refractivity contribution in [3.63, 3.8) is 0 Å². The summed E-state index contributed by atoms with van der Waals surface area (Å²) in [6, 6.07) is 3.35. The first-order valence-electron chi connectivity index (χ1n) is 8.78. The number of aromatic nitrogens is 5. The number of carbonyl (C=O) groups is 1. The highest BCUT2D eigenvalue weighted by atomic mass is 16.2. The van der Waals surface area contributed by atoms with Crippen molar-refractivity contribution < 1.29 is 4.79 Å². The Kier molecular flexibility index (Phi) is 4.63. The molecule has 8 nitrogen and oxygen atoms in total. The molecule has 134 valence electrons. The molecule has 0 unspecified atom stereocenters. The first kappa shape index (κ1) is 16.3. The fourth-order valence-corrected chi connectivity index (χ4v) is 3.19. The van der Waals surface area contributed by atoms with Gasteiger partial charge in [-0.15, -0.1) is 0 Å². The fraction of sp³-hybridized carbons (Fsp3) is 0.333. The lowest BCUT2D eigenvalue weighted by molar-refractivity contribution is 0.251. The highest BCUT2D eigenvalue weighted by molar-refractivity contribution is 5.88. The molecule has 1 atom stereocenters. The van der Waals surface area contributed by atoms with Crippen LogP contribution in [0.25, 0.3) is 5.65 Å². The number of urea groups is 1. The average Bonchev–Trinajstić information content (AvgIpc) is 3.28. The summed E-state index contributed by atoms with van der Waals surface area (Å²) in [6.07, 6.45) is 14.7. The quantitative estimate of drug-likeness (QED) is 0.692. The molecule has 0 saturated heterocycles. The molecule has 0 bridgehead atoms. The van der Waals surface area contributed by atoms with E-state index >= 15 is 0 Å². The van der Waals surface area contributed by atoms with E-state index in [1.807, 2.05) is 23.0 Å². The number of hydrogen-bond donors (Lipinski definition) is 2. The minimum atomic E-state index is -0.273. The average molecular weight is 351 g/mol. The zero-order valence-corrected chi connectivity index (χ0v) is 14.4. The molecule has 2 amide bonds. The smallest absolute Gasteiger partial charge is 0.320 e. The Morgan fingerprint density at radius 3 is 3.12 bits per heavy atom. The van der Waals surface area contributed by atoms with E-state index in [1.165, 1.54) is 0 Å². The Balaban J connectivity index is 1.35. The van der Waals surface area contributed by atoms with E-state index in [2.05, 4.69) is 38.0 Å². The van der Waals surface area contributed by atoms with E-state index < -0.39 is 0 Å². The van der Waals surface area contributed by atoms with Gasteiger partial charge >= 0.3 is 6.03 Å². The number of nitrogens with zero attached hydrogens (tertiary/aromatic N) is 5. The summed E-state index contributed by atoms with van der Waals surface area (Å²) in [6.45, 7) is 1.17. The van der Waals surface area contributed by atoms with Crippen LogP contribution in [0.4, 0.5) is 10.6 Å². The van der Waals surface area contributed by atoms with Crippen LogP contribution in [-0.2, 0) is 13.1 Å². The van der Waals surface area contributed by atoms with Gasteiger partial charge < -0.3 is 5.32 Å². The molecule has 2 N–H and O–H groups in total. The zero-order valence-electron chi connectivity index (χ0n) is 14.4. The van der Waals surface area contributed by atoms with Gasteiger partial charge in [-0.25, -0.2) is 19.0 Å². The van der Waals surface area contributed by atoms with Crippen molar-refractivity contribution in [1.82, 2.24) is 29.7 Å². The summed E-state index contributed by atoms with van der Waals surface area (Å²) in [4.78, 5) is 16.5. The van der Waals surface area contributed by atoms with Crippen LogP contribution in [0.1, 0.15) is 24.8 Å². The molecule has 1 aliphatic carbocycles. The molecule has 1 aliphatic rings. The van der Waals surface area contributed by atoms with E-state index in [9.17, 15) is 4.79 Å². The predicted octanol–water partition coefficient (Wildman–Crippen LogP) is 2.60. The van der Waals surface area contributed by atoms with Gasteiger partial charge in [0.2, 0.25) is 0 Å². The van der Waals surface area contributed by atoms with E-state index in [0.717, 1.165) is 37.0 Å². The first-order valence-corrected chi connectivity index (χ1v) is 8.78. The van der Waals surface area contributed by atoms with Gasteiger partial charge in [-0.05, 0) is 31.2 Å². The summed E-state index contributed by atoms with van der Waals surface area (Å²) >= 11 is 0. The molecule has 3 aromatic heterocycles. The molecule has 3 heterocycles. The topological polar surface area (TPSA) is 89.1 Å². The lowest BCUT2D eigenvalue weighted by Crippen LogP contribution is -2.29. The number of carbonyl (C=O) groups excluding carboxylic acids is 1. The molecule has 0 aliphatic heterocycles.